The maximum absolute atomic E-state index is 12.4. The van der Waals surface area contributed by atoms with Gasteiger partial charge in [0.2, 0.25) is 5.91 Å². The zero-order valence-electron chi connectivity index (χ0n) is 14.3. The van der Waals surface area contributed by atoms with E-state index in [1.807, 2.05) is 0 Å². The van der Waals surface area contributed by atoms with E-state index in [2.05, 4.69) is 5.32 Å². The number of halogens is 1. The maximum atomic E-state index is 12.4. The Bertz CT molecular complexity index is 1090. The van der Waals surface area contributed by atoms with Crippen molar-refractivity contribution in [2.75, 3.05) is 11.9 Å². The fourth-order valence-corrected chi connectivity index (χ4v) is 4.54. The van der Waals surface area contributed by atoms with E-state index in [-0.39, 0.29) is 46.2 Å². The third kappa shape index (κ3) is 3.69. The lowest BCUT2D eigenvalue weighted by Crippen LogP contribution is -2.31. The minimum absolute atomic E-state index is 0.0483. The molecule has 3 rings (SSSR count). The highest BCUT2D eigenvalue weighted by Crippen LogP contribution is 2.30. The van der Waals surface area contributed by atoms with Crippen LogP contribution in [0.15, 0.2) is 47.4 Å². The molecule has 0 saturated carbocycles. The SMILES string of the molecule is O=C(CCCN1C(=O)c2ccccc2S1(=O)=O)Nc1cc([N+](=O)[O-])ccc1Cl. The Morgan fingerprint density at radius 3 is 2.61 bits per heavy atom. The lowest BCUT2D eigenvalue weighted by atomic mass is 10.2. The number of nitrogens with zero attached hydrogens (tertiary/aromatic N) is 2. The fraction of sp³-hybridized carbons (Fsp3) is 0.176. The third-order valence-corrected chi connectivity index (χ3v) is 6.28. The first-order valence-corrected chi connectivity index (χ1v) is 9.93. The Balaban J connectivity index is 1.62. The second kappa shape index (κ2) is 7.56. The number of nitro benzene ring substituents is 1. The topological polar surface area (TPSA) is 127 Å². The van der Waals surface area contributed by atoms with Crippen LogP contribution in [-0.4, -0.2) is 36.0 Å². The first-order chi connectivity index (χ1) is 13.2. The molecular formula is C17H14ClN3O6S. The second-order valence-corrected chi connectivity index (χ2v) is 8.19. The van der Waals surface area contributed by atoms with Gasteiger partial charge >= 0.3 is 0 Å². The predicted molar refractivity (Wildman–Crippen MR) is 101 cm³/mol. The summed E-state index contributed by atoms with van der Waals surface area (Å²) >= 11 is 5.92. The molecule has 1 aliphatic rings. The molecule has 2 aromatic rings. The molecule has 2 amide bonds. The Morgan fingerprint density at radius 2 is 1.93 bits per heavy atom. The summed E-state index contributed by atoms with van der Waals surface area (Å²) in [7, 11) is -3.92. The third-order valence-electron chi connectivity index (χ3n) is 4.11. The van der Waals surface area contributed by atoms with Gasteiger partial charge in [-0.05, 0) is 24.6 Å². The number of sulfonamides is 1. The van der Waals surface area contributed by atoms with Crippen LogP contribution in [0, 0.1) is 10.1 Å². The first kappa shape index (κ1) is 19.8. The molecule has 0 saturated heterocycles. The Morgan fingerprint density at radius 1 is 1.21 bits per heavy atom. The molecule has 9 nitrogen and oxygen atoms in total. The Hall–Kier alpha value is -2.98. The van der Waals surface area contributed by atoms with Gasteiger partial charge in [-0.25, -0.2) is 12.7 Å². The van der Waals surface area contributed by atoms with Crippen LogP contribution in [0.2, 0.25) is 5.02 Å². The zero-order chi connectivity index (χ0) is 20.5. The van der Waals surface area contributed by atoms with Gasteiger partial charge in [0.1, 0.15) is 4.90 Å². The van der Waals surface area contributed by atoms with Crippen LogP contribution in [0.4, 0.5) is 11.4 Å². The van der Waals surface area contributed by atoms with Crippen molar-refractivity contribution in [3.05, 3.63) is 63.2 Å². The molecule has 0 bridgehead atoms. The summed E-state index contributed by atoms with van der Waals surface area (Å²) in [6, 6.07) is 9.54. The van der Waals surface area contributed by atoms with Crippen molar-refractivity contribution in [3.8, 4) is 0 Å². The summed E-state index contributed by atoms with van der Waals surface area (Å²) in [5.74, 6) is -1.14. The molecule has 0 unspecified atom stereocenters. The molecule has 0 radical (unpaired) electrons. The average Bonchev–Trinajstić information content (AvgIpc) is 2.84. The van der Waals surface area contributed by atoms with Gasteiger partial charge in [-0.1, -0.05) is 23.7 Å². The number of fused-ring (bicyclic) bond motifs is 1. The van der Waals surface area contributed by atoms with E-state index in [0.29, 0.717) is 0 Å². The van der Waals surface area contributed by atoms with Crippen molar-refractivity contribution in [1.29, 1.82) is 0 Å². The van der Waals surface area contributed by atoms with Crippen molar-refractivity contribution in [2.45, 2.75) is 17.7 Å². The van der Waals surface area contributed by atoms with Crippen molar-refractivity contribution in [2.24, 2.45) is 0 Å². The smallest absolute Gasteiger partial charge is 0.271 e. The van der Waals surface area contributed by atoms with E-state index in [9.17, 15) is 28.1 Å². The Kier molecular flexibility index (Phi) is 5.34. The largest absolute Gasteiger partial charge is 0.325 e. The van der Waals surface area contributed by atoms with E-state index in [4.69, 9.17) is 11.6 Å². The summed E-state index contributed by atoms with van der Waals surface area (Å²) in [4.78, 5) is 34.5. The van der Waals surface area contributed by atoms with E-state index in [1.54, 1.807) is 6.07 Å². The average molecular weight is 424 g/mol. The highest BCUT2D eigenvalue weighted by atomic mass is 35.5. The number of nitrogens with one attached hydrogen (secondary N) is 1. The zero-order valence-corrected chi connectivity index (χ0v) is 15.9. The van der Waals surface area contributed by atoms with Crippen LogP contribution in [0.3, 0.4) is 0 Å². The summed E-state index contributed by atoms with van der Waals surface area (Å²) in [6.07, 6.45) is -0.0218. The quantitative estimate of drug-likeness (QED) is 0.562. The molecule has 0 atom stereocenters. The summed E-state index contributed by atoms with van der Waals surface area (Å²) in [6.45, 7) is -0.161. The van der Waals surface area contributed by atoms with Gasteiger partial charge in [-0.15, -0.1) is 0 Å². The highest BCUT2D eigenvalue weighted by molar-refractivity contribution is 7.90. The standard InChI is InChI=1S/C17H14ClN3O6S/c18-13-8-7-11(21(24)25)10-14(13)19-16(22)6-3-9-20-17(23)12-4-1-2-5-15(12)28(20,26)27/h1-2,4-5,7-8,10H,3,6,9H2,(H,19,22). The number of carbonyl (C=O) groups is 2. The minimum atomic E-state index is -3.92. The van der Waals surface area contributed by atoms with Gasteiger partial charge in [-0.3, -0.25) is 19.7 Å². The summed E-state index contributed by atoms with van der Waals surface area (Å²) in [5.41, 5.74) is -0.0420. The van der Waals surface area contributed by atoms with E-state index >= 15 is 0 Å². The van der Waals surface area contributed by atoms with E-state index < -0.39 is 26.8 Å². The molecule has 0 aliphatic carbocycles. The number of rotatable bonds is 6. The molecule has 2 aromatic carbocycles. The van der Waals surface area contributed by atoms with E-state index in [0.717, 1.165) is 10.4 Å². The number of non-ortho nitro benzene ring substituents is 1. The number of carbonyl (C=O) groups excluding carboxylic acids is 2. The van der Waals surface area contributed by atoms with Gasteiger partial charge in [0, 0.05) is 25.1 Å². The molecule has 0 spiro atoms. The van der Waals surface area contributed by atoms with Crippen molar-refractivity contribution < 1.29 is 22.9 Å². The molecular weight excluding hydrogens is 410 g/mol. The molecule has 1 N–H and O–H groups in total. The molecule has 0 fully saturated rings. The second-order valence-electron chi connectivity index (χ2n) is 5.95. The van der Waals surface area contributed by atoms with Gasteiger partial charge in [-0.2, -0.15) is 0 Å². The molecule has 11 heteroatoms. The summed E-state index contributed by atoms with van der Waals surface area (Å²) < 4.78 is 25.6. The number of hydrogen-bond acceptors (Lipinski definition) is 6. The lowest BCUT2D eigenvalue weighted by molar-refractivity contribution is -0.384. The van der Waals surface area contributed by atoms with Crippen LogP contribution in [0.1, 0.15) is 23.2 Å². The van der Waals surface area contributed by atoms with Crippen molar-refractivity contribution >= 4 is 44.8 Å². The van der Waals surface area contributed by atoms with Crippen molar-refractivity contribution in [3.63, 3.8) is 0 Å². The van der Waals surface area contributed by atoms with Gasteiger partial charge in [0.05, 0.1) is 21.2 Å². The van der Waals surface area contributed by atoms with Crippen LogP contribution in [0.25, 0.3) is 0 Å². The van der Waals surface area contributed by atoms with Crippen LogP contribution < -0.4 is 5.32 Å². The van der Waals surface area contributed by atoms with Gasteiger partial charge in [0.15, 0.2) is 0 Å². The number of anilines is 1. The van der Waals surface area contributed by atoms with Crippen LogP contribution in [-0.2, 0) is 14.8 Å². The number of benzene rings is 2. The summed E-state index contributed by atoms with van der Waals surface area (Å²) in [5, 5.41) is 13.4. The normalized spacial score (nSPS) is 14.6. The minimum Gasteiger partial charge on any atom is -0.325 e. The Labute approximate surface area is 165 Å². The molecule has 1 aliphatic heterocycles. The number of nitro groups is 1. The van der Waals surface area contributed by atoms with Gasteiger partial charge < -0.3 is 5.32 Å². The maximum Gasteiger partial charge on any atom is 0.271 e. The van der Waals surface area contributed by atoms with Crippen LogP contribution >= 0.6 is 11.6 Å². The highest BCUT2D eigenvalue weighted by Gasteiger charge is 2.40. The molecule has 1 heterocycles. The number of amides is 2. The fourth-order valence-electron chi connectivity index (χ4n) is 2.77. The van der Waals surface area contributed by atoms with Gasteiger partial charge in [0.25, 0.3) is 21.6 Å². The van der Waals surface area contributed by atoms with Crippen LogP contribution in [0.5, 0.6) is 0 Å². The molecule has 146 valence electrons. The monoisotopic (exact) mass is 423 g/mol. The van der Waals surface area contributed by atoms with Crippen molar-refractivity contribution in [1.82, 2.24) is 4.31 Å². The van der Waals surface area contributed by atoms with E-state index in [1.165, 1.54) is 30.3 Å². The predicted octanol–water partition coefficient (Wildman–Crippen LogP) is 2.81. The first-order valence-electron chi connectivity index (χ1n) is 8.11. The lowest BCUT2D eigenvalue weighted by Gasteiger charge is -2.14. The molecule has 0 aromatic heterocycles. The molecule has 28 heavy (non-hydrogen) atoms. The number of hydrogen-bond donors (Lipinski definition) is 1.